The Kier molecular flexibility index (Phi) is 6.31. The average molecular weight is 320 g/mol. The Morgan fingerprint density at radius 2 is 2.09 bits per heavy atom. The van der Waals surface area contributed by atoms with Gasteiger partial charge in [-0.3, -0.25) is 9.59 Å². The molecule has 1 atom stereocenters. The molecule has 1 saturated heterocycles. The molecule has 0 aromatic heterocycles. The summed E-state index contributed by atoms with van der Waals surface area (Å²) in [5.41, 5.74) is 1.22. The van der Waals surface area contributed by atoms with Crippen LogP contribution in [0.1, 0.15) is 31.7 Å². The molecule has 0 bridgehead atoms. The van der Waals surface area contributed by atoms with Crippen LogP contribution in [0.3, 0.4) is 0 Å². The first-order valence-corrected chi connectivity index (χ1v) is 8.73. The number of hydrogen-bond donors (Lipinski definition) is 1. The lowest BCUT2D eigenvalue weighted by Crippen LogP contribution is -2.34. The summed E-state index contributed by atoms with van der Waals surface area (Å²) in [6, 6.07) is 8.20. The molecule has 2 rings (SSSR count). The molecule has 2 amide bonds. The van der Waals surface area contributed by atoms with E-state index in [-0.39, 0.29) is 17.1 Å². The molecule has 1 heterocycles. The fraction of sp³-hybridized carbons (Fsp3) is 0.529. The number of carbonyl (C=O) groups is 2. The third-order valence-electron chi connectivity index (χ3n) is 3.78. The van der Waals surface area contributed by atoms with Crippen LogP contribution in [-0.2, 0) is 9.59 Å². The number of hydrogen-bond acceptors (Lipinski definition) is 3. The molecule has 0 saturated carbocycles. The summed E-state index contributed by atoms with van der Waals surface area (Å²) in [7, 11) is 0. The summed E-state index contributed by atoms with van der Waals surface area (Å²) in [5.74, 6) is 0.299. The lowest BCUT2D eigenvalue weighted by atomic mass is 10.2. The number of thioether (sulfide) groups is 1. The molecule has 1 aromatic carbocycles. The lowest BCUT2D eigenvalue weighted by molar-refractivity contribution is -0.127. The molecular weight excluding hydrogens is 296 g/mol. The van der Waals surface area contributed by atoms with Gasteiger partial charge in [-0.05, 0) is 38.8 Å². The molecule has 0 aliphatic carbocycles. The van der Waals surface area contributed by atoms with Crippen molar-refractivity contribution in [3.05, 3.63) is 29.8 Å². The smallest absolute Gasteiger partial charge is 0.233 e. The van der Waals surface area contributed by atoms with E-state index >= 15 is 0 Å². The number of amides is 2. The van der Waals surface area contributed by atoms with Gasteiger partial charge in [-0.15, -0.1) is 11.8 Å². The minimum Gasteiger partial charge on any atom is -0.355 e. The SMILES string of the molecule is Cc1ccc(SC(C)C(=O)NCCCN2CCCC2=O)cc1. The molecule has 1 aliphatic heterocycles. The molecule has 22 heavy (non-hydrogen) atoms. The van der Waals surface area contributed by atoms with Crippen LogP contribution in [-0.4, -0.2) is 41.6 Å². The van der Waals surface area contributed by atoms with Gasteiger partial charge in [-0.2, -0.15) is 0 Å². The van der Waals surface area contributed by atoms with Crippen LogP contribution in [0, 0.1) is 6.92 Å². The van der Waals surface area contributed by atoms with Crippen LogP contribution in [0.4, 0.5) is 0 Å². The van der Waals surface area contributed by atoms with Crippen molar-refractivity contribution in [1.29, 1.82) is 0 Å². The maximum Gasteiger partial charge on any atom is 0.233 e. The monoisotopic (exact) mass is 320 g/mol. The van der Waals surface area contributed by atoms with E-state index in [4.69, 9.17) is 0 Å². The van der Waals surface area contributed by atoms with Crippen molar-refractivity contribution < 1.29 is 9.59 Å². The van der Waals surface area contributed by atoms with E-state index in [1.54, 1.807) is 11.8 Å². The molecule has 4 nitrogen and oxygen atoms in total. The van der Waals surface area contributed by atoms with Crippen molar-refractivity contribution in [3.8, 4) is 0 Å². The quantitative estimate of drug-likeness (QED) is 0.620. The van der Waals surface area contributed by atoms with Crippen LogP contribution >= 0.6 is 11.8 Å². The van der Waals surface area contributed by atoms with E-state index in [9.17, 15) is 9.59 Å². The first-order valence-electron chi connectivity index (χ1n) is 7.85. The molecule has 0 radical (unpaired) electrons. The summed E-state index contributed by atoms with van der Waals surface area (Å²) in [6.45, 7) is 6.21. The van der Waals surface area contributed by atoms with Crippen LogP contribution in [0.15, 0.2) is 29.2 Å². The number of carbonyl (C=O) groups excluding carboxylic acids is 2. The maximum atomic E-state index is 12.1. The minimum absolute atomic E-state index is 0.0540. The zero-order valence-corrected chi connectivity index (χ0v) is 14.1. The topological polar surface area (TPSA) is 49.4 Å². The Balaban J connectivity index is 1.65. The minimum atomic E-state index is -0.115. The Morgan fingerprint density at radius 3 is 2.73 bits per heavy atom. The highest BCUT2D eigenvalue weighted by Gasteiger charge is 2.19. The molecule has 1 fully saturated rings. The van der Waals surface area contributed by atoms with E-state index in [0.29, 0.717) is 13.0 Å². The first kappa shape index (κ1) is 16.9. The van der Waals surface area contributed by atoms with Crippen LogP contribution in [0.2, 0.25) is 0 Å². The van der Waals surface area contributed by atoms with Gasteiger partial charge in [0.2, 0.25) is 11.8 Å². The van der Waals surface area contributed by atoms with E-state index < -0.39 is 0 Å². The van der Waals surface area contributed by atoms with Crippen molar-refractivity contribution in [3.63, 3.8) is 0 Å². The second kappa shape index (κ2) is 8.22. The Bertz CT molecular complexity index is 516. The zero-order chi connectivity index (χ0) is 15.9. The Hall–Kier alpha value is -1.49. The van der Waals surface area contributed by atoms with Gasteiger partial charge in [0.15, 0.2) is 0 Å². The number of likely N-dealkylation sites (tertiary alicyclic amines) is 1. The predicted molar refractivity (Wildman–Crippen MR) is 89.9 cm³/mol. The van der Waals surface area contributed by atoms with Gasteiger partial charge in [0, 0.05) is 31.0 Å². The standard InChI is InChI=1S/C17H24N2O2S/c1-13-6-8-15(9-7-13)22-14(2)17(21)18-10-4-12-19-11-3-5-16(19)20/h6-9,14H,3-5,10-12H2,1-2H3,(H,18,21). The molecule has 0 spiro atoms. The molecule has 1 aromatic rings. The molecule has 1 aliphatic rings. The molecule has 1 unspecified atom stereocenters. The van der Waals surface area contributed by atoms with Gasteiger partial charge in [0.05, 0.1) is 5.25 Å². The number of nitrogens with one attached hydrogen (secondary N) is 1. The van der Waals surface area contributed by atoms with E-state index in [1.165, 1.54) is 5.56 Å². The first-order chi connectivity index (χ1) is 10.6. The zero-order valence-electron chi connectivity index (χ0n) is 13.3. The Morgan fingerprint density at radius 1 is 1.36 bits per heavy atom. The van der Waals surface area contributed by atoms with Crippen LogP contribution < -0.4 is 5.32 Å². The fourth-order valence-corrected chi connectivity index (χ4v) is 3.33. The summed E-state index contributed by atoms with van der Waals surface area (Å²) >= 11 is 1.57. The second-order valence-electron chi connectivity index (χ2n) is 5.70. The van der Waals surface area contributed by atoms with Gasteiger partial charge < -0.3 is 10.2 Å². The van der Waals surface area contributed by atoms with Gasteiger partial charge in [-0.25, -0.2) is 0 Å². The highest BCUT2D eigenvalue weighted by Crippen LogP contribution is 2.23. The third kappa shape index (κ3) is 5.05. The van der Waals surface area contributed by atoms with Crippen LogP contribution in [0.25, 0.3) is 0 Å². The van der Waals surface area contributed by atoms with Crippen molar-refractivity contribution in [2.24, 2.45) is 0 Å². The van der Waals surface area contributed by atoms with Crippen LogP contribution in [0.5, 0.6) is 0 Å². The van der Waals surface area contributed by atoms with Crippen molar-refractivity contribution in [2.75, 3.05) is 19.6 Å². The fourth-order valence-electron chi connectivity index (χ4n) is 2.44. The molecule has 120 valence electrons. The van der Waals surface area contributed by atoms with E-state index in [1.807, 2.05) is 24.0 Å². The predicted octanol–water partition coefficient (Wildman–Crippen LogP) is 2.60. The van der Waals surface area contributed by atoms with E-state index in [2.05, 4.69) is 24.4 Å². The second-order valence-corrected chi connectivity index (χ2v) is 7.12. The van der Waals surface area contributed by atoms with Crippen molar-refractivity contribution in [2.45, 2.75) is 43.3 Å². The molecule has 1 N–H and O–H groups in total. The average Bonchev–Trinajstić information content (AvgIpc) is 2.91. The highest BCUT2D eigenvalue weighted by atomic mass is 32.2. The number of aryl methyl sites for hydroxylation is 1. The summed E-state index contributed by atoms with van der Waals surface area (Å²) in [4.78, 5) is 26.5. The van der Waals surface area contributed by atoms with Crippen molar-refractivity contribution in [1.82, 2.24) is 10.2 Å². The maximum absolute atomic E-state index is 12.1. The number of rotatable bonds is 7. The largest absolute Gasteiger partial charge is 0.355 e. The molecule has 5 heteroatoms. The van der Waals surface area contributed by atoms with E-state index in [0.717, 1.165) is 30.8 Å². The van der Waals surface area contributed by atoms with Crippen molar-refractivity contribution >= 4 is 23.6 Å². The summed E-state index contributed by atoms with van der Waals surface area (Å²) in [6.07, 6.45) is 2.46. The van der Waals surface area contributed by atoms with Gasteiger partial charge >= 0.3 is 0 Å². The normalized spacial score (nSPS) is 15.9. The van der Waals surface area contributed by atoms with Gasteiger partial charge in [0.1, 0.15) is 0 Å². The summed E-state index contributed by atoms with van der Waals surface area (Å²) < 4.78 is 0. The Labute approximate surface area is 136 Å². The third-order valence-corrected chi connectivity index (χ3v) is 4.89. The lowest BCUT2D eigenvalue weighted by Gasteiger charge is -2.16. The summed E-state index contributed by atoms with van der Waals surface area (Å²) in [5, 5.41) is 2.84. The molecular formula is C17H24N2O2S. The highest BCUT2D eigenvalue weighted by molar-refractivity contribution is 8.00. The number of benzene rings is 1. The number of nitrogens with zero attached hydrogens (tertiary/aromatic N) is 1. The van der Waals surface area contributed by atoms with Gasteiger partial charge in [0.25, 0.3) is 0 Å². The van der Waals surface area contributed by atoms with Gasteiger partial charge in [-0.1, -0.05) is 17.7 Å².